The summed E-state index contributed by atoms with van der Waals surface area (Å²) < 4.78 is 55.4. The Balaban J connectivity index is 0.000000555. The van der Waals surface area contributed by atoms with Crippen molar-refractivity contribution < 1.29 is 62.9 Å². The third kappa shape index (κ3) is 5.99. The molecule has 1 saturated heterocycles. The molecular formula is C17H19ClFN5O9. The Kier molecular flexibility index (Phi) is 7.58. The van der Waals surface area contributed by atoms with Crippen molar-refractivity contribution in [3.8, 4) is 0 Å². The third-order valence-corrected chi connectivity index (χ3v) is 4.58. The molecule has 180 valence electrons. The van der Waals surface area contributed by atoms with Gasteiger partial charge >= 0.3 is 0 Å². The van der Waals surface area contributed by atoms with Crippen LogP contribution in [0.25, 0.3) is 11.2 Å². The summed E-state index contributed by atoms with van der Waals surface area (Å²) in [6.07, 6.45) is -1.73. The molecule has 4 atom stereocenters. The lowest BCUT2D eigenvalue weighted by Gasteiger charge is -2.17. The molecule has 1 aromatic carbocycles. The number of rotatable bonds is 5. The van der Waals surface area contributed by atoms with Gasteiger partial charge in [-0.15, -0.1) is 10.2 Å². The number of nitrogens with two attached hydrogens (primary N) is 1. The summed E-state index contributed by atoms with van der Waals surface area (Å²) in [4.78, 5) is 14.0. The lowest BCUT2D eigenvalue weighted by Crippen LogP contribution is -2.68. The van der Waals surface area contributed by atoms with Gasteiger partial charge in [0.1, 0.15) is 30.5 Å². The van der Waals surface area contributed by atoms with Crippen molar-refractivity contribution >= 4 is 17.0 Å². The first-order valence-electron chi connectivity index (χ1n) is 9.14. The van der Waals surface area contributed by atoms with Crippen molar-refractivity contribution in [1.29, 1.82) is 0 Å². The van der Waals surface area contributed by atoms with E-state index >= 15 is 0 Å². The third-order valence-electron chi connectivity index (χ3n) is 4.58. The number of aliphatic hydroxyl groups excluding tert-OH is 3. The van der Waals surface area contributed by atoms with Crippen molar-refractivity contribution in [1.82, 2.24) is 14.5 Å². The highest BCUT2D eigenvalue weighted by molar-refractivity contribution is 5.79. The molecule has 14 nitrogen and oxygen atoms in total. The zero-order valence-electron chi connectivity index (χ0n) is 16.6. The Bertz CT molecular complexity index is 1090. The summed E-state index contributed by atoms with van der Waals surface area (Å²) >= 11 is 0. The van der Waals surface area contributed by atoms with Crippen LogP contribution in [0, 0.1) is 16.1 Å². The minimum Gasteiger partial charge on any atom is -0.394 e. The summed E-state index contributed by atoms with van der Waals surface area (Å²) in [5.74, 6) is -0.225. The van der Waals surface area contributed by atoms with Gasteiger partial charge in [0, 0.05) is 0 Å². The molecule has 0 saturated carbocycles. The summed E-state index contributed by atoms with van der Waals surface area (Å²) in [5.41, 5.74) is 7.31. The van der Waals surface area contributed by atoms with E-state index < -0.39 is 41.4 Å². The molecule has 0 bridgehead atoms. The summed E-state index contributed by atoms with van der Waals surface area (Å²) in [6.45, 7) is -0.375. The predicted octanol–water partition coefficient (Wildman–Crippen LogP) is -6.08. The number of imidazole rings is 1. The molecule has 3 aromatic rings. The van der Waals surface area contributed by atoms with E-state index in [4.69, 9.17) is 33.9 Å². The molecule has 16 heteroatoms. The number of halogens is 2. The molecule has 33 heavy (non-hydrogen) atoms. The monoisotopic (exact) mass is 491 g/mol. The maximum absolute atomic E-state index is 13.3. The summed E-state index contributed by atoms with van der Waals surface area (Å²) in [6, 6.07) is 5.97. The van der Waals surface area contributed by atoms with Gasteiger partial charge in [0.25, 0.3) is 12.1 Å². The molecule has 1 aliphatic heterocycles. The summed E-state index contributed by atoms with van der Waals surface area (Å²) in [7, 11) is -4.94. The van der Waals surface area contributed by atoms with Crippen LogP contribution in [0.5, 0.6) is 0 Å². The van der Waals surface area contributed by atoms with E-state index in [2.05, 4.69) is 9.97 Å². The van der Waals surface area contributed by atoms with E-state index in [1.54, 1.807) is 12.1 Å². The van der Waals surface area contributed by atoms with Crippen LogP contribution in [0.2, 0.25) is 0 Å². The second-order valence-electron chi connectivity index (χ2n) is 6.79. The van der Waals surface area contributed by atoms with E-state index in [0.717, 1.165) is 0 Å². The number of hydrogen-bond acceptors (Lipinski definition) is 12. The van der Waals surface area contributed by atoms with Gasteiger partial charge in [0.15, 0.2) is 12.8 Å². The number of anilines is 1. The number of fused-ring (bicyclic) bond motifs is 1. The van der Waals surface area contributed by atoms with Crippen molar-refractivity contribution in [2.24, 2.45) is 0 Å². The highest BCUT2D eigenvalue weighted by atomic mass is 35.7. The SMILES string of the molecule is Nc1c2ncn([C@@H]3O[C@H](CO)[C@@H](O)[C@H]3O)c2nc[n+]1OCc1cccc(F)c1.[O-][Cl+3]([O-])([O-])[O-]. The fourth-order valence-electron chi connectivity index (χ4n) is 3.11. The van der Waals surface area contributed by atoms with Gasteiger partial charge < -0.3 is 30.6 Å². The first-order valence-corrected chi connectivity index (χ1v) is 10.4. The largest absolute Gasteiger partial charge is 0.394 e. The Morgan fingerprint density at radius 3 is 2.52 bits per heavy atom. The van der Waals surface area contributed by atoms with Crippen molar-refractivity contribution in [3.63, 3.8) is 0 Å². The number of nitrogens with zero attached hydrogens (tertiary/aromatic N) is 4. The summed E-state index contributed by atoms with van der Waals surface area (Å²) in [5, 5.41) is 29.4. The van der Waals surface area contributed by atoms with E-state index in [0.29, 0.717) is 16.7 Å². The Labute approximate surface area is 186 Å². The molecule has 0 spiro atoms. The Hall–Kier alpha value is -2.73. The van der Waals surface area contributed by atoms with E-state index in [-0.39, 0.29) is 18.2 Å². The van der Waals surface area contributed by atoms with Gasteiger partial charge in [0.2, 0.25) is 11.2 Å². The Morgan fingerprint density at radius 1 is 1.21 bits per heavy atom. The molecule has 4 rings (SSSR count). The molecule has 0 unspecified atom stereocenters. The highest BCUT2D eigenvalue weighted by Crippen LogP contribution is 2.31. The van der Waals surface area contributed by atoms with Crippen LogP contribution in [-0.4, -0.2) is 54.8 Å². The second-order valence-corrected chi connectivity index (χ2v) is 7.55. The molecule has 0 amide bonds. The average Bonchev–Trinajstić information content (AvgIpc) is 3.28. The van der Waals surface area contributed by atoms with Crippen molar-refractivity contribution in [2.45, 2.75) is 31.1 Å². The van der Waals surface area contributed by atoms with Crippen LogP contribution in [0.4, 0.5) is 10.2 Å². The molecule has 5 N–H and O–H groups in total. The van der Waals surface area contributed by atoms with Gasteiger partial charge in [-0.2, -0.15) is 0 Å². The smallest absolute Gasteiger partial charge is 0.289 e. The van der Waals surface area contributed by atoms with Crippen LogP contribution >= 0.6 is 0 Å². The van der Waals surface area contributed by atoms with Crippen LogP contribution in [0.15, 0.2) is 36.9 Å². The van der Waals surface area contributed by atoms with E-state index in [1.807, 2.05) is 0 Å². The topological polar surface area (TPSA) is 232 Å². The number of aliphatic hydroxyl groups is 3. The predicted molar refractivity (Wildman–Crippen MR) is 91.8 cm³/mol. The quantitative estimate of drug-likeness (QED) is 0.244. The molecule has 0 aliphatic carbocycles. The minimum atomic E-state index is -4.94. The van der Waals surface area contributed by atoms with Gasteiger partial charge in [-0.1, -0.05) is 21.8 Å². The molecule has 1 aliphatic rings. The van der Waals surface area contributed by atoms with Gasteiger partial charge in [-0.05, 0) is 17.7 Å². The van der Waals surface area contributed by atoms with Crippen LogP contribution in [-0.2, 0) is 11.3 Å². The number of ether oxygens (including phenoxy) is 1. The van der Waals surface area contributed by atoms with Gasteiger partial charge in [-0.25, -0.2) is 28.0 Å². The van der Waals surface area contributed by atoms with E-state index in [1.165, 1.54) is 34.1 Å². The van der Waals surface area contributed by atoms with Crippen molar-refractivity contribution in [3.05, 3.63) is 48.3 Å². The lowest BCUT2D eigenvalue weighted by molar-refractivity contribution is -2.00. The Morgan fingerprint density at radius 2 is 1.91 bits per heavy atom. The zero-order valence-corrected chi connectivity index (χ0v) is 17.4. The number of benzene rings is 1. The highest BCUT2D eigenvalue weighted by Gasteiger charge is 2.44. The maximum atomic E-state index is 13.3. The molecule has 0 radical (unpaired) electrons. The fraction of sp³-hybridized carbons (Fsp3) is 0.353. The van der Waals surface area contributed by atoms with Gasteiger partial charge in [-0.3, -0.25) is 4.57 Å². The number of hydrogen-bond donors (Lipinski definition) is 4. The van der Waals surface area contributed by atoms with Crippen molar-refractivity contribution in [2.75, 3.05) is 12.3 Å². The standard InChI is InChI=1S/C17H18FN5O5.ClHO4/c18-10-3-1-2-9(4-10)6-27-23-8-21-16-12(15(23)19)20-7-22(16)17-14(26)13(25)11(5-24)28-17;2-1(3,4)5/h1-4,7-8,11,13-14,17,19,24-26H,5-6H2;(H,2,3,4,5)/t11-,13-,14-,17-;/m1./s1. The van der Waals surface area contributed by atoms with E-state index in [9.17, 15) is 19.7 Å². The zero-order chi connectivity index (χ0) is 24.3. The molecule has 2 aromatic heterocycles. The van der Waals surface area contributed by atoms with Gasteiger partial charge in [0.05, 0.1) is 6.61 Å². The maximum Gasteiger partial charge on any atom is 0.289 e. The van der Waals surface area contributed by atoms with Crippen LogP contribution < -0.4 is 33.9 Å². The molecule has 1 fully saturated rings. The number of aromatic nitrogens is 4. The average molecular weight is 492 g/mol. The molecule has 3 heterocycles. The first-order chi connectivity index (χ1) is 15.5. The first kappa shape index (κ1) is 24.9. The van der Waals surface area contributed by atoms with Crippen LogP contribution in [0.3, 0.4) is 0 Å². The minimum absolute atomic E-state index is 0.0648. The lowest BCUT2D eigenvalue weighted by atomic mass is 10.1. The number of nitrogen functional groups attached to an aromatic ring is 1. The normalized spacial score (nSPS) is 22.8. The molecular weight excluding hydrogens is 473 g/mol. The van der Waals surface area contributed by atoms with Crippen LogP contribution in [0.1, 0.15) is 11.8 Å². The second kappa shape index (κ2) is 10.0. The fourth-order valence-corrected chi connectivity index (χ4v) is 3.11.